The molecule has 0 aliphatic heterocycles. The lowest BCUT2D eigenvalue weighted by molar-refractivity contribution is -0.416. The van der Waals surface area contributed by atoms with E-state index in [0.717, 1.165) is 12.1 Å². The van der Waals surface area contributed by atoms with Crippen LogP contribution in [-0.2, 0) is 11.2 Å². The van der Waals surface area contributed by atoms with Gasteiger partial charge in [0.15, 0.2) is 0 Å². The van der Waals surface area contributed by atoms with E-state index in [2.05, 4.69) is 0 Å². The highest BCUT2D eigenvalue weighted by Gasteiger charge is 2.22. The molecule has 0 aromatic heterocycles. The molecule has 0 aliphatic rings. The van der Waals surface area contributed by atoms with Crippen LogP contribution in [0, 0.1) is 20.2 Å². The maximum absolute atomic E-state index is 11.7. The van der Waals surface area contributed by atoms with Gasteiger partial charge in [-0.15, -0.1) is 0 Å². The molecule has 1 atom stereocenters. The lowest BCUT2D eigenvalue weighted by Crippen LogP contribution is -2.31. The fraction of sp³-hybridized carbons (Fsp3) is 0.133. The van der Waals surface area contributed by atoms with E-state index in [0.29, 0.717) is 5.56 Å². The molecule has 0 spiro atoms. The Balaban J connectivity index is 2.49. The third kappa shape index (κ3) is 3.46. The fourth-order valence-corrected chi connectivity index (χ4v) is 2.30. The summed E-state index contributed by atoms with van der Waals surface area (Å²) in [6.45, 7) is 0. The van der Waals surface area contributed by atoms with Gasteiger partial charge in [-0.2, -0.15) is 0 Å². The van der Waals surface area contributed by atoms with Gasteiger partial charge in [0.1, 0.15) is 0 Å². The van der Waals surface area contributed by atoms with Gasteiger partial charge in [-0.05, 0) is 17.5 Å². The number of nitrogens with zero attached hydrogens (tertiary/aromatic N) is 2. The average Bonchev–Trinajstić information content (AvgIpc) is 2.53. The second-order valence-electron chi connectivity index (χ2n) is 4.96. The Morgan fingerprint density at radius 2 is 1.50 bits per heavy atom. The largest absolute Gasteiger partial charge is 0.863 e. The van der Waals surface area contributed by atoms with E-state index in [1.165, 1.54) is 12.1 Å². The van der Waals surface area contributed by atoms with Crippen molar-refractivity contribution in [1.82, 2.24) is 0 Å². The van der Waals surface area contributed by atoms with E-state index < -0.39 is 38.9 Å². The third-order valence-corrected chi connectivity index (χ3v) is 3.43. The first-order chi connectivity index (χ1) is 11.3. The number of nitro groups is 2. The Kier molecular flexibility index (Phi) is 4.73. The molecule has 0 saturated carbocycles. The van der Waals surface area contributed by atoms with E-state index in [1.54, 1.807) is 18.2 Å². The minimum atomic E-state index is -1.43. The Labute approximate surface area is 135 Å². The molecule has 2 rings (SSSR count). The smallest absolute Gasteiger partial charge is 0.268 e. The number of benzene rings is 2. The number of nitro benzene ring substituents is 2. The van der Waals surface area contributed by atoms with Gasteiger partial charge in [0.2, 0.25) is 0 Å². The van der Waals surface area contributed by atoms with Crippen LogP contribution in [0.15, 0.2) is 42.5 Å². The second-order valence-corrected chi connectivity index (χ2v) is 4.96. The number of carboxylic acids is 1. The van der Waals surface area contributed by atoms with Gasteiger partial charge < -0.3 is 15.0 Å². The van der Waals surface area contributed by atoms with Crippen molar-refractivity contribution in [2.75, 3.05) is 0 Å². The van der Waals surface area contributed by atoms with E-state index >= 15 is 0 Å². The highest BCUT2D eigenvalue weighted by atomic mass is 16.6. The molecule has 2 aromatic carbocycles. The van der Waals surface area contributed by atoms with Gasteiger partial charge in [0.05, 0.1) is 15.6 Å². The Bertz CT molecular complexity index is 770. The van der Waals surface area contributed by atoms with Crippen molar-refractivity contribution in [2.24, 2.45) is 0 Å². The third-order valence-electron chi connectivity index (χ3n) is 3.43. The number of carbonyl (C=O) groups excluding carboxylic acids is 1. The van der Waals surface area contributed by atoms with Gasteiger partial charge in [-0.25, -0.2) is 0 Å². The molecule has 0 aliphatic carbocycles. The molecule has 0 unspecified atom stereocenters. The summed E-state index contributed by atoms with van der Waals surface area (Å²) in [6, 6.07) is 9.67. The Hall–Kier alpha value is -3.49. The van der Waals surface area contributed by atoms with Crippen LogP contribution in [0.5, 0.6) is 5.75 Å². The molecule has 9 nitrogen and oxygen atoms in total. The van der Waals surface area contributed by atoms with Crippen LogP contribution in [0.2, 0.25) is 0 Å². The standard InChI is InChI=1S/C15H12N2O7/c18-14-12(16(21)22)7-9(8-13(14)17(23)24)6-11(15(19)20)10-4-2-1-3-5-10/h1-5,7-8,11,18H,6H2,(H,19,20)/p-2/t11-/m1/s1. The first kappa shape index (κ1) is 16.9. The van der Waals surface area contributed by atoms with Gasteiger partial charge in [0, 0.05) is 24.0 Å². The molecule has 9 heteroatoms. The quantitative estimate of drug-likeness (QED) is 0.557. The topological polar surface area (TPSA) is 149 Å². The summed E-state index contributed by atoms with van der Waals surface area (Å²) in [6.07, 6.45) is -0.283. The van der Waals surface area contributed by atoms with Gasteiger partial charge >= 0.3 is 0 Å². The van der Waals surface area contributed by atoms with Crippen molar-refractivity contribution < 1.29 is 24.9 Å². The number of rotatable bonds is 6. The molecule has 24 heavy (non-hydrogen) atoms. The predicted octanol–water partition coefficient (Wildman–Crippen LogP) is 0.653. The monoisotopic (exact) mass is 330 g/mol. The Morgan fingerprint density at radius 1 is 1.00 bits per heavy atom. The highest BCUT2D eigenvalue weighted by molar-refractivity contribution is 5.75. The average molecular weight is 330 g/mol. The molecular weight excluding hydrogens is 320 g/mol. The normalized spacial score (nSPS) is 11.7. The second kappa shape index (κ2) is 6.73. The van der Waals surface area contributed by atoms with Crippen LogP contribution in [0.25, 0.3) is 0 Å². The highest BCUT2D eigenvalue weighted by Crippen LogP contribution is 2.35. The van der Waals surface area contributed by atoms with Crippen LogP contribution in [0.3, 0.4) is 0 Å². The molecule has 0 saturated heterocycles. The fourth-order valence-electron chi connectivity index (χ4n) is 2.30. The minimum absolute atomic E-state index is 0.00828. The zero-order valence-corrected chi connectivity index (χ0v) is 12.1. The first-order valence-corrected chi connectivity index (χ1v) is 6.69. The molecule has 0 amide bonds. The van der Waals surface area contributed by atoms with Crippen molar-refractivity contribution in [1.29, 1.82) is 0 Å². The lowest BCUT2D eigenvalue weighted by atomic mass is 9.91. The summed E-state index contributed by atoms with van der Waals surface area (Å²) in [7, 11) is 0. The summed E-state index contributed by atoms with van der Waals surface area (Å²) >= 11 is 0. The summed E-state index contributed by atoms with van der Waals surface area (Å²) in [4.78, 5) is 31.1. The zero-order valence-electron chi connectivity index (χ0n) is 12.1. The molecule has 0 N–H and O–H groups in total. The molecule has 0 radical (unpaired) electrons. The Morgan fingerprint density at radius 3 is 1.92 bits per heavy atom. The molecule has 0 heterocycles. The van der Waals surface area contributed by atoms with Crippen molar-refractivity contribution >= 4 is 17.3 Å². The summed E-state index contributed by atoms with van der Waals surface area (Å²) in [5.41, 5.74) is -1.56. The van der Waals surface area contributed by atoms with Gasteiger partial charge in [-0.1, -0.05) is 30.3 Å². The van der Waals surface area contributed by atoms with Crippen LogP contribution in [-0.4, -0.2) is 15.8 Å². The number of hydrogen-bond donors (Lipinski definition) is 0. The molecule has 0 fully saturated rings. The summed E-state index contributed by atoms with van der Waals surface area (Å²) < 4.78 is 0. The van der Waals surface area contributed by atoms with Gasteiger partial charge in [0.25, 0.3) is 11.4 Å². The lowest BCUT2D eigenvalue weighted by Gasteiger charge is -2.19. The minimum Gasteiger partial charge on any atom is -0.863 e. The molecule has 2 aromatic rings. The zero-order chi connectivity index (χ0) is 17.9. The van der Waals surface area contributed by atoms with Crippen molar-refractivity contribution in [3.05, 3.63) is 73.8 Å². The summed E-state index contributed by atoms with van der Waals surface area (Å²) in [5, 5.41) is 44.8. The maximum atomic E-state index is 11.7. The van der Waals surface area contributed by atoms with E-state index in [9.17, 15) is 35.2 Å². The SMILES string of the molecule is O=C([O-])[C@H](Cc1cc([N+](=O)[O-])c([O-])c([N+](=O)[O-])c1)c1ccccc1. The number of hydrogen-bond acceptors (Lipinski definition) is 7. The summed E-state index contributed by atoms with van der Waals surface area (Å²) in [5.74, 6) is -3.92. The predicted molar refractivity (Wildman–Crippen MR) is 77.1 cm³/mol. The van der Waals surface area contributed by atoms with Crippen LogP contribution in [0.1, 0.15) is 17.0 Å². The number of carbonyl (C=O) groups is 1. The van der Waals surface area contributed by atoms with E-state index in [4.69, 9.17) is 0 Å². The van der Waals surface area contributed by atoms with Crippen molar-refractivity contribution in [3.63, 3.8) is 0 Å². The van der Waals surface area contributed by atoms with Crippen molar-refractivity contribution in [2.45, 2.75) is 12.3 Å². The number of aliphatic carboxylic acids is 1. The first-order valence-electron chi connectivity index (χ1n) is 6.69. The van der Waals surface area contributed by atoms with Crippen LogP contribution >= 0.6 is 0 Å². The van der Waals surface area contributed by atoms with Gasteiger partial charge in [-0.3, -0.25) is 20.2 Å². The maximum Gasteiger partial charge on any atom is 0.268 e. The molecule has 124 valence electrons. The van der Waals surface area contributed by atoms with E-state index in [1.807, 2.05) is 0 Å². The van der Waals surface area contributed by atoms with E-state index in [-0.39, 0.29) is 12.0 Å². The van der Waals surface area contributed by atoms with Crippen LogP contribution in [0.4, 0.5) is 11.4 Å². The number of carboxylic acid groups (broad SMARTS) is 1. The molecular formula is C15H10N2O7-2. The van der Waals surface area contributed by atoms with Crippen molar-refractivity contribution in [3.8, 4) is 5.75 Å². The van der Waals surface area contributed by atoms with Crippen LogP contribution < -0.4 is 10.2 Å². The molecule has 0 bridgehead atoms.